The predicted molar refractivity (Wildman–Crippen MR) is 125 cm³/mol. The first kappa shape index (κ1) is 22.8. The second-order valence-corrected chi connectivity index (χ2v) is 8.30. The van der Waals surface area contributed by atoms with E-state index in [1.165, 1.54) is 6.21 Å². The summed E-state index contributed by atoms with van der Waals surface area (Å²) in [6.07, 6.45) is 1.42. The summed E-state index contributed by atoms with van der Waals surface area (Å²) in [5.74, 6) is 0.0917. The lowest BCUT2D eigenvalue weighted by Gasteiger charge is -2.12. The third-order valence-electron chi connectivity index (χ3n) is 4.00. The first-order chi connectivity index (χ1) is 15.0. The Morgan fingerprint density at radius 3 is 1.77 bits per heavy atom. The zero-order valence-corrected chi connectivity index (χ0v) is 19.5. The van der Waals surface area contributed by atoms with Crippen LogP contribution in [0, 0.1) is 0 Å². The fourth-order valence-corrected chi connectivity index (χ4v) is 3.05. The SMILES string of the molecule is O=C(O)CON=Cc1cc(OCc2ccc(Br)cc2)cc(OCc2ccc(Br)cc2)c1. The predicted octanol–water partition coefficient (Wildman–Crippen LogP) is 5.80. The molecule has 31 heavy (non-hydrogen) atoms. The Labute approximate surface area is 196 Å². The van der Waals surface area contributed by atoms with Gasteiger partial charge in [0.05, 0.1) is 6.21 Å². The second-order valence-electron chi connectivity index (χ2n) is 6.47. The molecule has 160 valence electrons. The quantitative estimate of drug-likeness (QED) is 0.256. The normalized spacial score (nSPS) is 10.8. The van der Waals surface area contributed by atoms with Crippen LogP contribution in [0.4, 0.5) is 0 Å². The van der Waals surface area contributed by atoms with Crippen LogP contribution in [0.1, 0.15) is 16.7 Å². The fourth-order valence-electron chi connectivity index (χ4n) is 2.52. The average molecular weight is 549 g/mol. The van der Waals surface area contributed by atoms with Crippen molar-refractivity contribution < 1.29 is 24.2 Å². The van der Waals surface area contributed by atoms with Gasteiger partial charge in [-0.05, 0) is 47.5 Å². The van der Waals surface area contributed by atoms with Crippen LogP contribution in [0.5, 0.6) is 11.5 Å². The van der Waals surface area contributed by atoms with Crippen molar-refractivity contribution in [1.29, 1.82) is 0 Å². The molecule has 3 aromatic rings. The molecule has 0 saturated carbocycles. The molecule has 0 saturated heterocycles. The second kappa shape index (κ2) is 11.5. The third kappa shape index (κ3) is 8.07. The minimum absolute atomic E-state index is 0.384. The molecule has 0 aliphatic carbocycles. The molecule has 0 aliphatic rings. The van der Waals surface area contributed by atoms with E-state index in [-0.39, 0.29) is 0 Å². The van der Waals surface area contributed by atoms with Gasteiger partial charge in [-0.3, -0.25) is 0 Å². The van der Waals surface area contributed by atoms with Gasteiger partial charge in [-0.15, -0.1) is 0 Å². The Morgan fingerprint density at radius 1 is 0.839 bits per heavy atom. The lowest BCUT2D eigenvalue weighted by Crippen LogP contribution is -2.03. The first-order valence-electron chi connectivity index (χ1n) is 9.24. The summed E-state index contributed by atoms with van der Waals surface area (Å²) >= 11 is 6.83. The monoisotopic (exact) mass is 547 g/mol. The number of carbonyl (C=O) groups is 1. The average Bonchev–Trinajstić information content (AvgIpc) is 2.76. The topological polar surface area (TPSA) is 77.4 Å². The van der Waals surface area contributed by atoms with Crippen LogP contribution in [-0.4, -0.2) is 23.9 Å². The summed E-state index contributed by atoms with van der Waals surface area (Å²) in [7, 11) is 0. The van der Waals surface area contributed by atoms with Gasteiger partial charge in [0.2, 0.25) is 6.61 Å². The number of hydrogen-bond donors (Lipinski definition) is 1. The number of carboxylic acids is 1. The zero-order chi connectivity index (χ0) is 22.1. The number of hydrogen-bond acceptors (Lipinski definition) is 5. The van der Waals surface area contributed by atoms with Crippen LogP contribution in [-0.2, 0) is 22.8 Å². The number of ether oxygens (including phenoxy) is 2. The Hall–Kier alpha value is -2.84. The van der Waals surface area contributed by atoms with Gasteiger partial charge in [0, 0.05) is 20.6 Å². The van der Waals surface area contributed by atoms with Gasteiger partial charge in [0.15, 0.2) is 0 Å². The molecule has 0 amide bonds. The minimum Gasteiger partial charge on any atom is -0.489 e. The largest absolute Gasteiger partial charge is 0.489 e. The van der Waals surface area contributed by atoms with Crippen molar-refractivity contribution in [3.05, 3.63) is 92.4 Å². The number of aliphatic carboxylic acids is 1. The van der Waals surface area contributed by atoms with Crippen LogP contribution in [0.25, 0.3) is 0 Å². The molecular weight excluding hydrogens is 530 g/mol. The molecular formula is C23H19Br2NO5. The van der Waals surface area contributed by atoms with Gasteiger partial charge in [0.1, 0.15) is 24.7 Å². The van der Waals surface area contributed by atoms with Gasteiger partial charge in [0.25, 0.3) is 0 Å². The maximum absolute atomic E-state index is 10.6. The van der Waals surface area contributed by atoms with Crippen molar-refractivity contribution in [2.75, 3.05) is 6.61 Å². The zero-order valence-electron chi connectivity index (χ0n) is 16.3. The van der Waals surface area contributed by atoms with E-state index in [4.69, 9.17) is 19.4 Å². The molecule has 0 bridgehead atoms. The van der Waals surface area contributed by atoms with E-state index >= 15 is 0 Å². The number of carboxylic acid groups (broad SMARTS) is 1. The number of halogens is 2. The summed E-state index contributed by atoms with van der Waals surface area (Å²) in [5.41, 5.74) is 2.69. The standard InChI is InChI=1S/C23H19Br2NO5/c24-19-5-1-16(2-6-19)13-29-21-9-18(12-26-31-15-23(27)28)10-22(11-21)30-14-17-3-7-20(25)8-4-17/h1-12H,13-15H2,(H,27,28). The Bertz CT molecular complexity index is 969. The summed E-state index contributed by atoms with van der Waals surface area (Å²) in [6, 6.07) is 21.1. The Morgan fingerprint density at radius 2 is 1.32 bits per heavy atom. The van der Waals surface area contributed by atoms with Crippen LogP contribution >= 0.6 is 31.9 Å². The van der Waals surface area contributed by atoms with E-state index in [0.29, 0.717) is 30.3 Å². The van der Waals surface area contributed by atoms with E-state index in [2.05, 4.69) is 37.0 Å². The van der Waals surface area contributed by atoms with Crippen LogP contribution in [0.2, 0.25) is 0 Å². The fraction of sp³-hybridized carbons (Fsp3) is 0.130. The molecule has 0 radical (unpaired) electrons. The molecule has 0 aromatic heterocycles. The third-order valence-corrected chi connectivity index (χ3v) is 5.06. The highest BCUT2D eigenvalue weighted by atomic mass is 79.9. The van der Waals surface area contributed by atoms with Gasteiger partial charge in [-0.25, -0.2) is 4.79 Å². The molecule has 0 unspecified atom stereocenters. The van der Waals surface area contributed by atoms with Crippen molar-refractivity contribution in [2.45, 2.75) is 13.2 Å². The summed E-state index contributed by atoms with van der Waals surface area (Å²) in [4.78, 5) is 15.3. The molecule has 0 spiro atoms. The van der Waals surface area contributed by atoms with Crippen molar-refractivity contribution in [3.8, 4) is 11.5 Å². The molecule has 3 rings (SSSR count). The van der Waals surface area contributed by atoms with Crippen molar-refractivity contribution in [2.24, 2.45) is 5.16 Å². The highest BCUT2D eigenvalue weighted by molar-refractivity contribution is 9.10. The van der Waals surface area contributed by atoms with Gasteiger partial charge >= 0.3 is 5.97 Å². The van der Waals surface area contributed by atoms with Crippen LogP contribution in [0.15, 0.2) is 80.8 Å². The maximum Gasteiger partial charge on any atom is 0.344 e. The number of benzene rings is 3. The minimum atomic E-state index is -1.10. The molecule has 8 heteroatoms. The molecule has 1 N–H and O–H groups in total. The van der Waals surface area contributed by atoms with Gasteiger partial charge in [-0.1, -0.05) is 61.3 Å². The van der Waals surface area contributed by atoms with Crippen molar-refractivity contribution in [3.63, 3.8) is 0 Å². The van der Waals surface area contributed by atoms with Crippen LogP contribution in [0.3, 0.4) is 0 Å². The van der Waals surface area contributed by atoms with Crippen molar-refractivity contribution in [1.82, 2.24) is 0 Å². The van der Waals surface area contributed by atoms with E-state index < -0.39 is 12.6 Å². The van der Waals surface area contributed by atoms with Gasteiger partial charge < -0.3 is 19.4 Å². The molecule has 0 aliphatic heterocycles. The number of rotatable bonds is 10. The number of oxime groups is 1. The van der Waals surface area contributed by atoms with Gasteiger partial charge in [-0.2, -0.15) is 0 Å². The molecule has 6 nitrogen and oxygen atoms in total. The molecule has 0 fully saturated rings. The summed E-state index contributed by atoms with van der Waals surface area (Å²) in [5, 5.41) is 12.3. The lowest BCUT2D eigenvalue weighted by molar-refractivity contribution is -0.142. The lowest BCUT2D eigenvalue weighted by atomic mass is 10.2. The van der Waals surface area contributed by atoms with E-state index in [1.54, 1.807) is 18.2 Å². The molecule has 0 heterocycles. The highest BCUT2D eigenvalue weighted by Gasteiger charge is 2.05. The highest BCUT2D eigenvalue weighted by Crippen LogP contribution is 2.25. The molecule has 0 atom stereocenters. The van der Waals surface area contributed by atoms with E-state index in [1.807, 2.05) is 48.5 Å². The first-order valence-corrected chi connectivity index (χ1v) is 10.8. The maximum atomic E-state index is 10.6. The summed E-state index contributed by atoms with van der Waals surface area (Å²) < 4.78 is 13.9. The smallest absolute Gasteiger partial charge is 0.344 e. The van der Waals surface area contributed by atoms with E-state index in [9.17, 15) is 4.79 Å². The molecule has 3 aromatic carbocycles. The summed E-state index contributed by atoms with van der Waals surface area (Å²) in [6.45, 7) is 0.258. The van der Waals surface area contributed by atoms with E-state index in [0.717, 1.165) is 20.1 Å². The Balaban J connectivity index is 1.72. The Kier molecular flexibility index (Phi) is 8.49. The number of nitrogens with zero attached hydrogens (tertiary/aromatic N) is 1. The van der Waals surface area contributed by atoms with Crippen LogP contribution < -0.4 is 9.47 Å². The van der Waals surface area contributed by atoms with Crippen molar-refractivity contribution >= 4 is 44.0 Å².